The molecule has 1 aromatic heterocycles. The molecule has 0 amide bonds. The Hall–Kier alpha value is -3.53. The van der Waals surface area contributed by atoms with E-state index in [1.54, 1.807) is 5.57 Å². The van der Waals surface area contributed by atoms with Crippen molar-refractivity contribution in [1.82, 2.24) is 9.88 Å². The summed E-state index contributed by atoms with van der Waals surface area (Å²) in [5.41, 5.74) is 7.93. The third-order valence-corrected chi connectivity index (χ3v) is 5.75. The van der Waals surface area contributed by atoms with E-state index in [2.05, 4.69) is 70.5 Å². The lowest BCUT2D eigenvalue weighted by Gasteiger charge is -2.30. The molecule has 5 heteroatoms. The molecule has 2 aromatic carbocycles. The number of hydrogen-bond donors (Lipinski definition) is 0. The standard InChI is InChI=1S/C25H24N2O.CO2/c1-2-9-22-20(7-1)18-28-24-11-4-3-10-23(24)25(22)19-12-15-27(16-13-19)17-21-8-5-6-14-26-21;2-1-3/h1-11,14H,12-13,15-18H2;. The first kappa shape index (κ1) is 20.7. The van der Waals surface area contributed by atoms with Crippen LogP contribution in [0.4, 0.5) is 0 Å². The second-order valence-corrected chi connectivity index (χ2v) is 7.60. The molecular formula is C26H24N2O3. The molecule has 2 aliphatic heterocycles. The summed E-state index contributed by atoms with van der Waals surface area (Å²) in [5, 5.41) is 0. The Morgan fingerprint density at radius 1 is 0.871 bits per heavy atom. The van der Waals surface area contributed by atoms with Gasteiger partial charge in [0.2, 0.25) is 0 Å². The van der Waals surface area contributed by atoms with Gasteiger partial charge in [0.05, 0.1) is 5.69 Å². The number of carbonyl (C=O) groups excluding carboxylic acids is 2. The zero-order valence-corrected chi connectivity index (χ0v) is 17.3. The van der Waals surface area contributed by atoms with Gasteiger partial charge in [-0.05, 0) is 47.7 Å². The number of aromatic nitrogens is 1. The molecule has 5 nitrogen and oxygen atoms in total. The molecule has 156 valence electrons. The van der Waals surface area contributed by atoms with Crippen molar-refractivity contribution in [2.24, 2.45) is 0 Å². The van der Waals surface area contributed by atoms with Crippen LogP contribution in [-0.2, 0) is 22.7 Å². The van der Waals surface area contributed by atoms with Crippen LogP contribution in [0.15, 0.2) is 78.5 Å². The van der Waals surface area contributed by atoms with Gasteiger partial charge in [0, 0.05) is 31.4 Å². The third kappa shape index (κ3) is 4.80. The van der Waals surface area contributed by atoms with Crippen molar-refractivity contribution in [3.63, 3.8) is 0 Å². The summed E-state index contributed by atoms with van der Waals surface area (Å²) in [6, 6.07) is 23.3. The van der Waals surface area contributed by atoms with Crippen LogP contribution in [0.3, 0.4) is 0 Å². The van der Waals surface area contributed by atoms with Gasteiger partial charge in [0.15, 0.2) is 0 Å². The Bertz CT molecular complexity index is 1040. The fraction of sp³-hybridized carbons (Fsp3) is 0.231. The Kier molecular flexibility index (Phi) is 6.68. The van der Waals surface area contributed by atoms with Crippen LogP contribution in [0.1, 0.15) is 35.2 Å². The van der Waals surface area contributed by atoms with E-state index in [1.807, 2.05) is 12.3 Å². The van der Waals surface area contributed by atoms with Crippen LogP contribution >= 0.6 is 0 Å². The smallest absolute Gasteiger partial charge is 0.373 e. The zero-order valence-electron chi connectivity index (χ0n) is 17.3. The Morgan fingerprint density at radius 3 is 2.29 bits per heavy atom. The molecule has 31 heavy (non-hydrogen) atoms. The number of nitrogens with zero attached hydrogens (tertiary/aromatic N) is 2. The minimum atomic E-state index is 0.250. The number of ether oxygens (including phenoxy) is 1. The lowest BCUT2D eigenvalue weighted by Crippen LogP contribution is -2.31. The maximum atomic E-state index is 8.12. The van der Waals surface area contributed by atoms with E-state index >= 15 is 0 Å². The van der Waals surface area contributed by atoms with Crippen LogP contribution in [0.25, 0.3) is 5.57 Å². The average molecular weight is 412 g/mol. The van der Waals surface area contributed by atoms with Gasteiger partial charge in [-0.2, -0.15) is 9.59 Å². The molecule has 0 saturated carbocycles. The predicted octanol–water partition coefficient (Wildman–Crippen LogP) is 4.49. The van der Waals surface area contributed by atoms with Crippen molar-refractivity contribution in [2.45, 2.75) is 26.0 Å². The highest BCUT2D eigenvalue weighted by atomic mass is 16.5. The summed E-state index contributed by atoms with van der Waals surface area (Å²) >= 11 is 0. The number of piperidine rings is 1. The van der Waals surface area contributed by atoms with Gasteiger partial charge in [-0.1, -0.05) is 54.1 Å². The minimum Gasteiger partial charge on any atom is -0.488 e. The summed E-state index contributed by atoms with van der Waals surface area (Å²) in [4.78, 5) is 23.2. The summed E-state index contributed by atoms with van der Waals surface area (Å²) in [7, 11) is 0. The molecule has 0 unspecified atom stereocenters. The summed E-state index contributed by atoms with van der Waals surface area (Å²) < 4.78 is 6.14. The molecule has 5 rings (SSSR count). The highest BCUT2D eigenvalue weighted by Gasteiger charge is 2.24. The number of fused-ring (bicyclic) bond motifs is 2. The van der Waals surface area contributed by atoms with Crippen molar-refractivity contribution in [3.8, 4) is 5.75 Å². The van der Waals surface area contributed by atoms with Gasteiger partial charge in [0.25, 0.3) is 0 Å². The van der Waals surface area contributed by atoms with E-state index < -0.39 is 0 Å². The number of rotatable bonds is 2. The van der Waals surface area contributed by atoms with E-state index in [9.17, 15) is 0 Å². The molecule has 0 bridgehead atoms. The largest absolute Gasteiger partial charge is 0.488 e. The fourth-order valence-electron chi connectivity index (χ4n) is 4.32. The number of hydrogen-bond acceptors (Lipinski definition) is 5. The summed E-state index contributed by atoms with van der Waals surface area (Å²) in [6.45, 7) is 3.71. The van der Waals surface area contributed by atoms with Crippen molar-refractivity contribution in [2.75, 3.05) is 13.1 Å². The molecular weight excluding hydrogens is 388 g/mol. The lowest BCUT2D eigenvalue weighted by atomic mass is 9.86. The first-order valence-corrected chi connectivity index (χ1v) is 10.4. The zero-order chi connectivity index (χ0) is 21.5. The number of pyridine rings is 1. The molecule has 1 saturated heterocycles. The fourth-order valence-corrected chi connectivity index (χ4v) is 4.32. The molecule has 0 spiro atoms. The van der Waals surface area contributed by atoms with Crippen LogP contribution in [0.5, 0.6) is 5.75 Å². The quantitative estimate of drug-likeness (QED) is 0.621. The van der Waals surface area contributed by atoms with Gasteiger partial charge in [-0.3, -0.25) is 9.88 Å². The molecule has 3 aromatic rings. The molecule has 1 fully saturated rings. The van der Waals surface area contributed by atoms with Crippen molar-refractivity contribution in [3.05, 3.63) is 101 Å². The lowest BCUT2D eigenvalue weighted by molar-refractivity contribution is -0.191. The van der Waals surface area contributed by atoms with Crippen molar-refractivity contribution < 1.29 is 14.3 Å². The molecule has 0 N–H and O–H groups in total. The topological polar surface area (TPSA) is 59.5 Å². The van der Waals surface area contributed by atoms with Gasteiger partial charge >= 0.3 is 6.15 Å². The van der Waals surface area contributed by atoms with Crippen molar-refractivity contribution in [1.29, 1.82) is 0 Å². The maximum Gasteiger partial charge on any atom is 0.373 e. The summed E-state index contributed by atoms with van der Waals surface area (Å²) in [5.74, 6) is 0.997. The Morgan fingerprint density at radius 2 is 1.55 bits per heavy atom. The molecule has 2 aliphatic rings. The van der Waals surface area contributed by atoms with Crippen LogP contribution in [0, 0.1) is 0 Å². The van der Waals surface area contributed by atoms with Crippen molar-refractivity contribution >= 4 is 11.7 Å². The van der Waals surface area contributed by atoms with Gasteiger partial charge in [-0.15, -0.1) is 0 Å². The van der Waals surface area contributed by atoms with Crippen LogP contribution in [0.2, 0.25) is 0 Å². The van der Waals surface area contributed by atoms with E-state index in [4.69, 9.17) is 14.3 Å². The highest BCUT2D eigenvalue weighted by Crippen LogP contribution is 2.40. The highest BCUT2D eigenvalue weighted by molar-refractivity contribution is 5.87. The Labute approximate surface area is 182 Å². The predicted molar refractivity (Wildman–Crippen MR) is 117 cm³/mol. The average Bonchev–Trinajstić information content (AvgIpc) is 2.98. The molecule has 0 radical (unpaired) electrons. The van der Waals surface area contributed by atoms with Crippen LogP contribution < -0.4 is 4.74 Å². The van der Waals surface area contributed by atoms with E-state index in [0.717, 1.165) is 43.9 Å². The second-order valence-electron chi connectivity index (χ2n) is 7.60. The number of likely N-dealkylation sites (tertiary alicyclic amines) is 1. The molecule has 3 heterocycles. The summed E-state index contributed by atoms with van der Waals surface area (Å²) in [6.07, 6.45) is 4.31. The van der Waals surface area contributed by atoms with Crippen LogP contribution in [-0.4, -0.2) is 29.1 Å². The monoisotopic (exact) mass is 412 g/mol. The van der Waals surface area contributed by atoms with E-state index in [-0.39, 0.29) is 6.15 Å². The molecule has 0 atom stereocenters. The normalized spacial score (nSPS) is 15.4. The van der Waals surface area contributed by atoms with E-state index in [1.165, 1.54) is 22.3 Å². The van der Waals surface area contributed by atoms with E-state index in [0.29, 0.717) is 6.61 Å². The van der Waals surface area contributed by atoms with Gasteiger partial charge < -0.3 is 4.74 Å². The SMILES string of the molecule is O=C=O.c1ccc(CN2CCC(=C3c4ccccc4COc4ccccc43)CC2)nc1. The molecule has 0 aliphatic carbocycles. The third-order valence-electron chi connectivity index (χ3n) is 5.75. The minimum absolute atomic E-state index is 0.250. The number of para-hydroxylation sites is 1. The first-order chi connectivity index (χ1) is 15.3. The van der Waals surface area contributed by atoms with Gasteiger partial charge in [-0.25, -0.2) is 0 Å². The Balaban J connectivity index is 0.000000730. The van der Waals surface area contributed by atoms with Gasteiger partial charge in [0.1, 0.15) is 12.4 Å². The number of benzene rings is 2. The second kappa shape index (κ2) is 9.98. The first-order valence-electron chi connectivity index (χ1n) is 10.4. The maximum absolute atomic E-state index is 8.12.